The number of piperidine rings is 1. The van der Waals surface area contributed by atoms with Crippen LogP contribution in [0.5, 0.6) is 0 Å². The molecule has 3 N–H and O–H groups in total. The molecule has 5 heteroatoms. The molecule has 2 aliphatic heterocycles. The summed E-state index contributed by atoms with van der Waals surface area (Å²) in [6, 6.07) is 6.19. The normalized spacial score (nSPS) is 24.9. The van der Waals surface area contributed by atoms with Crippen LogP contribution < -0.4 is 16.0 Å². The molecule has 1 aromatic carbocycles. The van der Waals surface area contributed by atoms with Gasteiger partial charge in [0, 0.05) is 29.8 Å². The van der Waals surface area contributed by atoms with Gasteiger partial charge >= 0.3 is 0 Å². The average molecular weight is 287 g/mol. The first-order chi connectivity index (χ1) is 10.1. The smallest absolute Gasteiger partial charge is 0.251 e. The summed E-state index contributed by atoms with van der Waals surface area (Å²) < 4.78 is 0. The fraction of sp³-hybridized carbons (Fsp3) is 0.500. The van der Waals surface area contributed by atoms with Crippen LogP contribution in [0, 0.1) is 0 Å². The van der Waals surface area contributed by atoms with Crippen molar-refractivity contribution in [2.45, 2.75) is 44.7 Å². The predicted octanol–water partition coefficient (Wildman–Crippen LogP) is 1.44. The lowest BCUT2D eigenvalue weighted by Gasteiger charge is -2.28. The minimum atomic E-state index is -0.0196. The van der Waals surface area contributed by atoms with Gasteiger partial charge in [-0.2, -0.15) is 0 Å². The second-order valence-corrected chi connectivity index (χ2v) is 5.97. The summed E-state index contributed by atoms with van der Waals surface area (Å²) in [7, 11) is 0. The Morgan fingerprint density at radius 2 is 2.19 bits per heavy atom. The Morgan fingerprint density at radius 1 is 1.33 bits per heavy atom. The van der Waals surface area contributed by atoms with E-state index in [9.17, 15) is 9.59 Å². The second-order valence-electron chi connectivity index (χ2n) is 5.97. The van der Waals surface area contributed by atoms with Crippen LogP contribution in [0.3, 0.4) is 0 Å². The average Bonchev–Trinajstić information content (AvgIpc) is 2.46. The molecule has 0 bridgehead atoms. The van der Waals surface area contributed by atoms with E-state index in [1.54, 1.807) is 6.07 Å². The van der Waals surface area contributed by atoms with E-state index in [-0.39, 0.29) is 17.9 Å². The molecule has 0 aromatic heterocycles. The first kappa shape index (κ1) is 14.1. The van der Waals surface area contributed by atoms with E-state index >= 15 is 0 Å². The SMILES string of the molecule is CC1CC(NC(=O)c2ccc3c(c2)CCC(=O)N3)CCN1. The highest BCUT2D eigenvalue weighted by Gasteiger charge is 2.21. The largest absolute Gasteiger partial charge is 0.349 e. The van der Waals surface area contributed by atoms with E-state index in [0.29, 0.717) is 24.4 Å². The maximum Gasteiger partial charge on any atom is 0.251 e. The fourth-order valence-electron chi connectivity index (χ4n) is 3.06. The minimum absolute atomic E-state index is 0.0196. The zero-order valence-electron chi connectivity index (χ0n) is 12.2. The van der Waals surface area contributed by atoms with Crippen molar-refractivity contribution < 1.29 is 9.59 Å². The monoisotopic (exact) mass is 287 g/mol. The second kappa shape index (κ2) is 5.85. The van der Waals surface area contributed by atoms with E-state index in [1.165, 1.54) is 0 Å². The molecule has 3 rings (SSSR count). The van der Waals surface area contributed by atoms with Crippen LogP contribution in [0.2, 0.25) is 0 Å². The molecule has 1 aromatic rings. The Morgan fingerprint density at radius 3 is 3.00 bits per heavy atom. The minimum Gasteiger partial charge on any atom is -0.349 e. The van der Waals surface area contributed by atoms with Crippen LogP contribution in [0.4, 0.5) is 5.69 Å². The van der Waals surface area contributed by atoms with Crippen molar-refractivity contribution in [2.24, 2.45) is 0 Å². The van der Waals surface area contributed by atoms with Gasteiger partial charge in [0.25, 0.3) is 5.91 Å². The molecule has 2 heterocycles. The van der Waals surface area contributed by atoms with Gasteiger partial charge in [-0.15, -0.1) is 0 Å². The van der Waals surface area contributed by atoms with E-state index in [0.717, 1.165) is 30.6 Å². The zero-order valence-corrected chi connectivity index (χ0v) is 12.2. The first-order valence-electron chi connectivity index (χ1n) is 7.59. The summed E-state index contributed by atoms with van der Waals surface area (Å²) in [5, 5.41) is 9.33. The fourth-order valence-corrected chi connectivity index (χ4v) is 3.06. The number of carbonyl (C=O) groups is 2. The van der Waals surface area contributed by atoms with Gasteiger partial charge in [0.1, 0.15) is 0 Å². The molecule has 5 nitrogen and oxygen atoms in total. The number of anilines is 1. The molecular formula is C16H21N3O2. The highest BCUT2D eigenvalue weighted by molar-refractivity contribution is 5.98. The molecule has 2 atom stereocenters. The highest BCUT2D eigenvalue weighted by Crippen LogP contribution is 2.23. The Bertz CT molecular complexity index is 571. The Hall–Kier alpha value is -1.88. The maximum absolute atomic E-state index is 12.4. The van der Waals surface area contributed by atoms with Crippen LogP contribution in [-0.4, -0.2) is 30.4 Å². The molecule has 2 unspecified atom stereocenters. The van der Waals surface area contributed by atoms with Crippen molar-refractivity contribution in [3.63, 3.8) is 0 Å². The summed E-state index contributed by atoms with van der Waals surface area (Å²) in [5.41, 5.74) is 2.55. The molecule has 2 amide bonds. The van der Waals surface area contributed by atoms with Gasteiger partial charge in [-0.25, -0.2) is 0 Å². The lowest BCUT2D eigenvalue weighted by atomic mass is 9.98. The summed E-state index contributed by atoms with van der Waals surface area (Å²) >= 11 is 0. The molecule has 1 fully saturated rings. The first-order valence-corrected chi connectivity index (χ1v) is 7.59. The van der Waals surface area contributed by atoms with E-state index in [4.69, 9.17) is 0 Å². The van der Waals surface area contributed by atoms with E-state index in [1.807, 2.05) is 12.1 Å². The number of amides is 2. The van der Waals surface area contributed by atoms with Crippen molar-refractivity contribution in [1.82, 2.24) is 10.6 Å². The molecule has 0 radical (unpaired) electrons. The van der Waals surface area contributed by atoms with Crippen LogP contribution in [0.1, 0.15) is 42.1 Å². The number of carbonyl (C=O) groups excluding carboxylic acids is 2. The van der Waals surface area contributed by atoms with Gasteiger partial charge in [-0.3, -0.25) is 9.59 Å². The predicted molar refractivity (Wildman–Crippen MR) is 81.3 cm³/mol. The number of benzene rings is 1. The third-order valence-corrected chi connectivity index (χ3v) is 4.22. The van der Waals surface area contributed by atoms with Crippen molar-refractivity contribution in [1.29, 1.82) is 0 Å². The van der Waals surface area contributed by atoms with Crippen LogP contribution >= 0.6 is 0 Å². The van der Waals surface area contributed by atoms with Crippen LogP contribution in [0.15, 0.2) is 18.2 Å². The third-order valence-electron chi connectivity index (χ3n) is 4.22. The summed E-state index contributed by atoms with van der Waals surface area (Å²) in [6.45, 7) is 3.09. The van der Waals surface area contributed by atoms with Crippen molar-refractivity contribution in [3.05, 3.63) is 29.3 Å². The quantitative estimate of drug-likeness (QED) is 0.771. The van der Waals surface area contributed by atoms with Gasteiger partial charge in [0.05, 0.1) is 0 Å². The van der Waals surface area contributed by atoms with Crippen LogP contribution in [0.25, 0.3) is 0 Å². The van der Waals surface area contributed by atoms with Gasteiger partial charge in [-0.05, 0) is 56.5 Å². The Labute approximate surface area is 124 Å². The molecule has 0 spiro atoms. The van der Waals surface area contributed by atoms with Gasteiger partial charge in [0.15, 0.2) is 0 Å². The van der Waals surface area contributed by atoms with Gasteiger partial charge in [0.2, 0.25) is 5.91 Å². The van der Waals surface area contributed by atoms with Crippen molar-refractivity contribution >= 4 is 17.5 Å². The summed E-state index contributed by atoms with van der Waals surface area (Å²) in [4.78, 5) is 23.7. The number of rotatable bonds is 2. The Kier molecular flexibility index (Phi) is 3.92. The topological polar surface area (TPSA) is 70.2 Å². The third kappa shape index (κ3) is 3.24. The lowest BCUT2D eigenvalue weighted by Crippen LogP contribution is -2.46. The number of nitrogens with one attached hydrogen (secondary N) is 3. The number of hydrogen-bond donors (Lipinski definition) is 3. The molecule has 0 saturated carbocycles. The Balaban J connectivity index is 1.69. The molecule has 112 valence electrons. The van der Waals surface area contributed by atoms with E-state index in [2.05, 4.69) is 22.9 Å². The van der Waals surface area contributed by atoms with Crippen molar-refractivity contribution in [2.75, 3.05) is 11.9 Å². The van der Waals surface area contributed by atoms with E-state index < -0.39 is 0 Å². The molecule has 2 aliphatic rings. The molecule has 0 aliphatic carbocycles. The number of fused-ring (bicyclic) bond motifs is 1. The standard InChI is InChI=1S/C16H21N3O2/c1-10-8-13(6-7-17-10)18-16(21)12-2-4-14-11(9-12)3-5-15(20)19-14/h2,4,9-10,13,17H,3,5-8H2,1H3,(H,18,21)(H,19,20). The van der Waals surface area contributed by atoms with Gasteiger partial charge in [-0.1, -0.05) is 0 Å². The number of hydrogen-bond acceptors (Lipinski definition) is 3. The van der Waals surface area contributed by atoms with Crippen LogP contribution in [-0.2, 0) is 11.2 Å². The molecule has 1 saturated heterocycles. The number of aryl methyl sites for hydroxylation is 1. The van der Waals surface area contributed by atoms with Crippen molar-refractivity contribution in [3.8, 4) is 0 Å². The molecular weight excluding hydrogens is 266 g/mol. The zero-order chi connectivity index (χ0) is 14.8. The summed E-state index contributed by atoms with van der Waals surface area (Å²) in [5.74, 6) is 0.0252. The summed E-state index contributed by atoms with van der Waals surface area (Å²) in [6.07, 6.45) is 3.13. The maximum atomic E-state index is 12.4. The highest BCUT2D eigenvalue weighted by atomic mass is 16.2. The van der Waals surface area contributed by atoms with Gasteiger partial charge < -0.3 is 16.0 Å². The molecule has 21 heavy (non-hydrogen) atoms. The lowest BCUT2D eigenvalue weighted by molar-refractivity contribution is -0.116.